The second-order valence-electron chi connectivity index (χ2n) is 5.65. The van der Waals surface area contributed by atoms with E-state index < -0.39 is 0 Å². The molecule has 1 aliphatic heterocycles. The predicted octanol–water partition coefficient (Wildman–Crippen LogP) is 2.40. The molecule has 0 spiro atoms. The van der Waals surface area contributed by atoms with Crippen LogP contribution in [0.2, 0.25) is 0 Å². The van der Waals surface area contributed by atoms with Crippen molar-refractivity contribution in [3.63, 3.8) is 0 Å². The number of fused-ring (bicyclic) bond motifs is 1. The van der Waals surface area contributed by atoms with Crippen LogP contribution < -0.4 is 15.5 Å². The van der Waals surface area contributed by atoms with Gasteiger partial charge in [0.2, 0.25) is 0 Å². The molecule has 0 radical (unpaired) electrons. The van der Waals surface area contributed by atoms with Gasteiger partial charge in [0.1, 0.15) is 0 Å². The number of rotatable bonds is 6. The van der Waals surface area contributed by atoms with Gasteiger partial charge in [-0.1, -0.05) is 31.5 Å². The molecule has 1 unspecified atom stereocenters. The number of nitrogens with one attached hydrogen (secondary N) is 2. The standard InChI is InChI=1S/C17H28N4/c1-4-5-11-19-17(18-3)20-13-14(2)21-12-10-15-8-6-7-9-16(15)21/h6-9,14H,4-5,10-13H2,1-3H3,(H2,18,19,20). The number of unbranched alkanes of at least 4 members (excludes halogenated alkanes) is 1. The SMILES string of the molecule is CCCCNC(=NC)NCC(C)N1CCc2ccccc21. The van der Waals surface area contributed by atoms with Crippen molar-refractivity contribution in [2.45, 2.75) is 39.2 Å². The van der Waals surface area contributed by atoms with Gasteiger partial charge in [-0.25, -0.2) is 0 Å². The zero-order valence-electron chi connectivity index (χ0n) is 13.5. The Morgan fingerprint density at radius 3 is 2.90 bits per heavy atom. The van der Waals surface area contributed by atoms with Crippen molar-refractivity contribution in [2.75, 3.05) is 31.6 Å². The van der Waals surface area contributed by atoms with Gasteiger partial charge in [0, 0.05) is 38.4 Å². The normalized spacial score (nSPS) is 15.8. The van der Waals surface area contributed by atoms with E-state index in [-0.39, 0.29) is 0 Å². The van der Waals surface area contributed by atoms with Crippen LogP contribution in [0, 0.1) is 0 Å². The largest absolute Gasteiger partial charge is 0.366 e. The third kappa shape index (κ3) is 4.13. The first-order valence-electron chi connectivity index (χ1n) is 8.05. The Kier molecular flexibility index (Phi) is 5.90. The molecule has 0 aliphatic carbocycles. The van der Waals surface area contributed by atoms with E-state index in [2.05, 4.69) is 58.6 Å². The molecule has 2 N–H and O–H groups in total. The molecule has 0 amide bonds. The lowest BCUT2D eigenvalue weighted by Gasteiger charge is -2.28. The van der Waals surface area contributed by atoms with Crippen molar-refractivity contribution < 1.29 is 0 Å². The summed E-state index contributed by atoms with van der Waals surface area (Å²) in [5.74, 6) is 0.905. The average Bonchev–Trinajstić information content (AvgIpc) is 2.94. The number of nitrogens with zero attached hydrogens (tertiary/aromatic N) is 2. The van der Waals surface area contributed by atoms with Crippen molar-refractivity contribution in [3.05, 3.63) is 29.8 Å². The smallest absolute Gasteiger partial charge is 0.191 e. The number of benzene rings is 1. The molecule has 116 valence electrons. The summed E-state index contributed by atoms with van der Waals surface area (Å²) in [6.45, 7) is 7.47. The van der Waals surface area contributed by atoms with E-state index in [0.717, 1.165) is 32.0 Å². The van der Waals surface area contributed by atoms with Crippen LogP contribution in [0.3, 0.4) is 0 Å². The Bertz CT molecular complexity index is 470. The summed E-state index contributed by atoms with van der Waals surface area (Å²) >= 11 is 0. The first-order valence-corrected chi connectivity index (χ1v) is 8.05. The van der Waals surface area contributed by atoms with E-state index in [1.165, 1.54) is 24.1 Å². The van der Waals surface area contributed by atoms with Crippen LogP contribution in [-0.2, 0) is 6.42 Å². The number of aliphatic imine (C=N–C) groups is 1. The van der Waals surface area contributed by atoms with E-state index >= 15 is 0 Å². The summed E-state index contributed by atoms with van der Waals surface area (Å²) in [4.78, 5) is 6.77. The number of para-hydroxylation sites is 1. The fraction of sp³-hybridized carbons (Fsp3) is 0.588. The minimum atomic E-state index is 0.457. The van der Waals surface area contributed by atoms with Crippen LogP contribution in [0.25, 0.3) is 0 Å². The highest BCUT2D eigenvalue weighted by Crippen LogP contribution is 2.28. The average molecular weight is 288 g/mol. The second kappa shape index (κ2) is 7.91. The summed E-state index contributed by atoms with van der Waals surface area (Å²) in [6.07, 6.45) is 3.53. The van der Waals surface area contributed by atoms with E-state index in [4.69, 9.17) is 0 Å². The molecule has 4 heteroatoms. The Labute approximate surface area is 128 Å². The van der Waals surface area contributed by atoms with Gasteiger partial charge >= 0.3 is 0 Å². The minimum Gasteiger partial charge on any atom is -0.366 e. The lowest BCUT2D eigenvalue weighted by Crippen LogP contribution is -2.45. The molecular weight excluding hydrogens is 260 g/mol. The third-order valence-corrected chi connectivity index (χ3v) is 4.07. The maximum atomic E-state index is 4.28. The maximum absolute atomic E-state index is 4.28. The van der Waals surface area contributed by atoms with Gasteiger partial charge < -0.3 is 15.5 Å². The molecule has 1 atom stereocenters. The van der Waals surface area contributed by atoms with Crippen LogP contribution >= 0.6 is 0 Å². The Hall–Kier alpha value is -1.71. The Balaban J connectivity index is 1.83. The lowest BCUT2D eigenvalue weighted by molar-refractivity contribution is 0.623. The fourth-order valence-corrected chi connectivity index (χ4v) is 2.78. The quantitative estimate of drug-likeness (QED) is 0.480. The van der Waals surface area contributed by atoms with E-state index in [0.29, 0.717) is 6.04 Å². The number of anilines is 1. The van der Waals surface area contributed by atoms with Gasteiger partial charge in [-0.3, -0.25) is 4.99 Å². The van der Waals surface area contributed by atoms with Crippen molar-refractivity contribution in [1.29, 1.82) is 0 Å². The van der Waals surface area contributed by atoms with Crippen molar-refractivity contribution in [3.8, 4) is 0 Å². The summed E-state index contributed by atoms with van der Waals surface area (Å²) < 4.78 is 0. The zero-order valence-corrected chi connectivity index (χ0v) is 13.5. The van der Waals surface area contributed by atoms with Crippen LogP contribution in [0.5, 0.6) is 0 Å². The molecule has 1 aliphatic rings. The van der Waals surface area contributed by atoms with Crippen molar-refractivity contribution in [2.24, 2.45) is 4.99 Å². The molecule has 21 heavy (non-hydrogen) atoms. The summed E-state index contributed by atoms with van der Waals surface area (Å²) in [6, 6.07) is 9.18. The molecule has 2 rings (SSSR count). The molecule has 0 saturated carbocycles. The molecule has 0 bridgehead atoms. The minimum absolute atomic E-state index is 0.457. The maximum Gasteiger partial charge on any atom is 0.191 e. The highest BCUT2D eigenvalue weighted by Gasteiger charge is 2.22. The van der Waals surface area contributed by atoms with Gasteiger partial charge in [-0.15, -0.1) is 0 Å². The van der Waals surface area contributed by atoms with Crippen molar-refractivity contribution in [1.82, 2.24) is 10.6 Å². The molecule has 1 aromatic carbocycles. The van der Waals surface area contributed by atoms with Crippen LogP contribution in [0.15, 0.2) is 29.3 Å². The van der Waals surface area contributed by atoms with Gasteiger partial charge in [-0.05, 0) is 31.4 Å². The predicted molar refractivity (Wildman–Crippen MR) is 91.2 cm³/mol. The number of hydrogen-bond donors (Lipinski definition) is 2. The molecular formula is C17H28N4. The van der Waals surface area contributed by atoms with Gasteiger partial charge in [0.05, 0.1) is 0 Å². The first kappa shape index (κ1) is 15.7. The number of guanidine groups is 1. The summed E-state index contributed by atoms with van der Waals surface area (Å²) in [5.41, 5.74) is 2.86. The highest BCUT2D eigenvalue weighted by atomic mass is 15.2. The van der Waals surface area contributed by atoms with Gasteiger partial charge in [0.15, 0.2) is 5.96 Å². The molecule has 1 heterocycles. The second-order valence-corrected chi connectivity index (χ2v) is 5.65. The summed E-state index contributed by atoms with van der Waals surface area (Å²) in [7, 11) is 1.83. The van der Waals surface area contributed by atoms with E-state index in [1.807, 2.05) is 7.05 Å². The van der Waals surface area contributed by atoms with Crippen LogP contribution in [-0.4, -0.2) is 38.7 Å². The molecule has 4 nitrogen and oxygen atoms in total. The molecule has 0 aromatic heterocycles. The molecule has 0 saturated heterocycles. The fourth-order valence-electron chi connectivity index (χ4n) is 2.78. The van der Waals surface area contributed by atoms with Gasteiger partial charge in [-0.2, -0.15) is 0 Å². The number of hydrogen-bond acceptors (Lipinski definition) is 2. The Morgan fingerprint density at radius 2 is 2.14 bits per heavy atom. The molecule has 0 fully saturated rings. The first-order chi connectivity index (χ1) is 10.3. The van der Waals surface area contributed by atoms with Crippen LogP contribution in [0.4, 0.5) is 5.69 Å². The van der Waals surface area contributed by atoms with E-state index in [1.54, 1.807) is 0 Å². The monoisotopic (exact) mass is 288 g/mol. The van der Waals surface area contributed by atoms with Crippen molar-refractivity contribution >= 4 is 11.6 Å². The van der Waals surface area contributed by atoms with Gasteiger partial charge in [0.25, 0.3) is 0 Å². The Morgan fingerprint density at radius 1 is 1.33 bits per heavy atom. The van der Waals surface area contributed by atoms with E-state index in [9.17, 15) is 0 Å². The third-order valence-electron chi connectivity index (χ3n) is 4.07. The lowest BCUT2D eigenvalue weighted by atomic mass is 10.2. The zero-order chi connectivity index (χ0) is 15.1. The molecule has 1 aromatic rings. The highest BCUT2D eigenvalue weighted by molar-refractivity contribution is 5.79. The topological polar surface area (TPSA) is 39.7 Å². The summed E-state index contributed by atoms with van der Waals surface area (Å²) in [5, 5.41) is 6.79. The van der Waals surface area contributed by atoms with Crippen LogP contribution in [0.1, 0.15) is 32.3 Å².